The first-order valence-electron chi connectivity index (χ1n) is 6.18. The van der Waals surface area contributed by atoms with Crippen LogP contribution in [0.5, 0.6) is 5.75 Å². The largest absolute Gasteiger partial charge is 0.379 e. The summed E-state index contributed by atoms with van der Waals surface area (Å²) in [5.41, 5.74) is 1.33. The number of rotatable bonds is 3. The molecule has 2 aromatic carbocycles. The molecule has 0 fully saturated rings. The van der Waals surface area contributed by atoms with E-state index in [-0.39, 0.29) is 10.6 Å². The zero-order valence-corrected chi connectivity index (χ0v) is 11.6. The van der Waals surface area contributed by atoms with Crippen LogP contribution in [0.25, 0.3) is 11.6 Å². The topological polar surface area (TPSA) is 60.4 Å². The Morgan fingerprint density at radius 1 is 0.905 bits per heavy atom. The summed E-state index contributed by atoms with van der Waals surface area (Å²) in [5, 5.41) is 0. The number of allylic oxidation sites excluding steroid dienone is 2. The van der Waals surface area contributed by atoms with Gasteiger partial charge in [-0.25, -0.2) is 4.79 Å². The van der Waals surface area contributed by atoms with Crippen molar-refractivity contribution in [3.8, 4) is 5.75 Å². The summed E-state index contributed by atoms with van der Waals surface area (Å²) in [5.74, 6) is 2.03. The number of benzene rings is 2. The van der Waals surface area contributed by atoms with Gasteiger partial charge in [-0.2, -0.15) is 8.42 Å². The molecule has 1 aliphatic carbocycles. The van der Waals surface area contributed by atoms with Gasteiger partial charge in [0.1, 0.15) is 16.6 Å². The van der Waals surface area contributed by atoms with E-state index in [1.165, 1.54) is 6.07 Å². The summed E-state index contributed by atoms with van der Waals surface area (Å²) in [7, 11) is -3.96. The number of hydrogen-bond donors (Lipinski definition) is 0. The Hall–Kier alpha value is -2.62. The van der Waals surface area contributed by atoms with E-state index in [4.69, 9.17) is 4.18 Å². The fraction of sp³-hybridized carbons (Fsp3) is 0. The molecule has 0 aromatic heterocycles. The summed E-state index contributed by atoms with van der Waals surface area (Å²) in [4.78, 5) is 10.9. The maximum absolute atomic E-state index is 12.4. The molecule has 0 heterocycles. The zero-order chi connectivity index (χ0) is 14.9. The van der Waals surface area contributed by atoms with E-state index in [9.17, 15) is 13.2 Å². The van der Waals surface area contributed by atoms with Crippen molar-refractivity contribution >= 4 is 27.7 Å². The minimum Gasteiger partial charge on any atom is -0.379 e. The fourth-order valence-corrected chi connectivity index (χ4v) is 3.31. The van der Waals surface area contributed by atoms with Crippen LogP contribution in [0.2, 0.25) is 0 Å². The highest BCUT2D eigenvalue weighted by Crippen LogP contribution is 2.33. The second-order valence-electron chi connectivity index (χ2n) is 4.42. The molecular weight excluding hydrogens is 288 g/mol. The molecule has 4 nitrogen and oxygen atoms in total. The molecule has 1 aliphatic rings. The Bertz CT molecular complexity index is 874. The number of para-hydroxylation sites is 1. The van der Waals surface area contributed by atoms with Crippen LogP contribution < -0.4 is 4.18 Å². The van der Waals surface area contributed by atoms with E-state index in [0.29, 0.717) is 16.7 Å². The van der Waals surface area contributed by atoms with Crippen LogP contribution in [-0.4, -0.2) is 14.4 Å². The Kier molecular flexibility index (Phi) is 3.22. The fourth-order valence-electron chi connectivity index (χ4n) is 2.16. The van der Waals surface area contributed by atoms with Gasteiger partial charge in [-0.1, -0.05) is 36.4 Å². The van der Waals surface area contributed by atoms with E-state index < -0.39 is 10.1 Å². The van der Waals surface area contributed by atoms with Crippen LogP contribution in [0, 0.1) is 0 Å². The van der Waals surface area contributed by atoms with E-state index >= 15 is 0 Å². The van der Waals surface area contributed by atoms with Gasteiger partial charge >= 0.3 is 10.1 Å². The Morgan fingerprint density at radius 3 is 2.38 bits per heavy atom. The lowest BCUT2D eigenvalue weighted by molar-refractivity contribution is 0.486. The lowest BCUT2D eigenvalue weighted by Crippen LogP contribution is -2.11. The lowest BCUT2D eigenvalue weighted by atomic mass is 10.1. The predicted molar refractivity (Wildman–Crippen MR) is 78.8 cm³/mol. The molecule has 0 saturated carbocycles. The van der Waals surface area contributed by atoms with Crippen molar-refractivity contribution in [3.63, 3.8) is 0 Å². The normalized spacial score (nSPS) is 12.9. The Balaban J connectivity index is 2.08. The summed E-state index contributed by atoms with van der Waals surface area (Å²) >= 11 is 0. The van der Waals surface area contributed by atoms with Gasteiger partial charge in [-0.3, -0.25) is 0 Å². The van der Waals surface area contributed by atoms with Crippen molar-refractivity contribution in [1.29, 1.82) is 0 Å². The first-order valence-corrected chi connectivity index (χ1v) is 7.59. The van der Waals surface area contributed by atoms with Crippen molar-refractivity contribution in [2.75, 3.05) is 0 Å². The van der Waals surface area contributed by atoms with Crippen molar-refractivity contribution in [1.82, 2.24) is 0 Å². The average molecular weight is 298 g/mol. The highest BCUT2D eigenvalue weighted by Gasteiger charge is 2.24. The van der Waals surface area contributed by atoms with Crippen LogP contribution >= 0.6 is 0 Å². The third kappa shape index (κ3) is 2.40. The van der Waals surface area contributed by atoms with Crippen molar-refractivity contribution in [3.05, 3.63) is 65.7 Å². The number of hydrogen-bond acceptors (Lipinski definition) is 4. The van der Waals surface area contributed by atoms with E-state index in [2.05, 4.69) is 0 Å². The minimum atomic E-state index is -3.96. The maximum atomic E-state index is 12.4. The molecule has 2 aromatic rings. The molecule has 0 unspecified atom stereocenters. The Labute approximate surface area is 122 Å². The second-order valence-corrected chi connectivity index (χ2v) is 5.93. The summed E-state index contributed by atoms with van der Waals surface area (Å²) < 4.78 is 29.9. The molecule has 0 saturated heterocycles. The van der Waals surface area contributed by atoms with Gasteiger partial charge in [0.15, 0.2) is 0 Å². The third-order valence-electron chi connectivity index (χ3n) is 3.10. The molecule has 0 bridgehead atoms. The third-order valence-corrected chi connectivity index (χ3v) is 4.41. The first kappa shape index (κ1) is 13.4. The molecule has 5 heteroatoms. The molecule has 0 atom stereocenters. The predicted octanol–water partition coefficient (Wildman–Crippen LogP) is 2.70. The minimum absolute atomic E-state index is 0.0327. The molecule has 0 N–H and O–H groups in total. The van der Waals surface area contributed by atoms with Crippen LogP contribution in [0.15, 0.2) is 59.5 Å². The van der Waals surface area contributed by atoms with E-state index in [1.807, 2.05) is 0 Å². The van der Waals surface area contributed by atoms with Gasteiger partial charge in [0, 0.05) is 11.1 Å². The number of fused-ring (bicyclic) bond motifs is 1. The highest BCUT2D eigenvalue weighted by atomic mass is 32.2. The van der Waals surface area contributed by atoms with Gasteiger partial charge in [0.25, 0.3) is 0 Å². The van der Waals surface area contributed by atoms with Crippen molar-refractivity contribution in [2.24, 2.45) is 0 Å². The molecule has 3 rings (SSSR count). The molecule has 0 spiro atoms. The molecule has 21 heavy (non-hydrogen) atoms. The number of carbonyl (C=O) groups excluding carboxylic acids is 1. The van der Waals surface area contributed by atoms with Gasteiger partial charge in [0.05, 0.1) is 5.57 Å². The molecule has 0 aliphatic heterocycles. The Morgan fingerprint density at radius 2 is 1.67 bits per heavy atom. The summed E-state index contributed by atoms with van der Waals surface area (Å²) in [6.45, 7) is 0. The van der Waals surface area contributed by atoms with Gasteiger partial charge < -0.3 is 4.18 Å². The standard InChI is InChI=1S/C16H10O4S/c17-11-12-9-10-15-14(12)7-4-8-16(15)21(18,19)20-13-5-2-1-3-6-13/h1-10H. The quantitative estimate of drug-likeness (QED) is 0.645. The van der Waals surface area contributed by atoms with E-state index in [0.717, 1.165) is 0 Å². The van der Waals surface area contributed by atoms with Crippen molar-refractivity contribution in [2.45, 2.75) is 4.90 Å². The summed E-state index contributed by atoms with van der Waals surface area (Å²) in [6, 6.07) is 13.0. The monoisotopic (exact) mass is 298 g/mol. The van der Waals surface area contributed by atoms with Gasteiger partial charge in [-0.15, -0.1) is 0 Å². The SMILES string of the molecule is O=C=C1C=Cc2c1cccc2S(=O)(=O)Oc1ccccc1. The second kappa shape index (κ2) is 5.05. The van der Waals surface area contributed by atoms with Gasteiger partial charge in [-0.05, 0) is 24.3 Å². The zero-order valence-electron chi connectivity index (χ0n) is 10.8. The average Bonchev–Trinajstić information content (AvgIpc) is 2.90. The maximum Gasteiger partial charge on any atom is 0.339 e. The highest BCUT2D eigenvalue weighted by molar-refractivity contribution is 7.87. The van der Waals surface area contributed by atoms with Gasteiger partial charge in [0.2, 0.25) is 0 Å². The summed E-state index contributed by atoms with van der Waals surface area (Å²) in [6.07, 6.45) is 3.12. The van der Waals surface area contributed by atoms with Crippen LogP contribution in [-0.2, 0) is 14.9 Å². The molecule has 0 radical (unpaired) electrons. The smallest absolute Gasteiger partial charge is 0.339 e. The van der Waals surface area contributed by atoms with Crippen LogP contribution in [0.3, 0.4) is 0 Å². The lowest BCUT2D eigenvalue weighted by Gasteiger charge is -2.10. The first-order chi connectivity index (χ1) is 10.1. The molecular formula is C16H10O4S. The van der Waals surface area contributed by atoms with Crippen LogP contribution in [0.1, 0.15) is 11.1 Å². The molecule has 0 amide bonds. The van der Waals surface area contributed by atoms with E-state index in [1.54, 1.807) is 60.6 Å². The van der Waals surface area contributed by atoms with Crippen molar-refractivity contribution < 1.29 is 17.4 Å². The molecule has 104 valence electrons. The van der Waals surface area contributed by atoms with Crippen LogP contribution in [0.4, 0.5) is 0 Å².